The Kier molecular flexibility index (Phi) is 6.84. The molecule has 6 nitrogen and oxygen atoms in total. The van der Waals surface area contributed by atoms with E-state index < -0.39 is 0 Å². The number of benzene rings is 1. The van der Waals surface area contributed by atoms with Crippen LogP contribution in [-0.4, -0.2) is 31.4 Å². The van der Waals surface area contributed by atoms with Crippen LogP contribution < -0.4 is 5.32 Å². The molecule has 0 unspecified atom stereocenters. The Bertz CT molecular complexity index is 989. The first kappa shape index (κ1) is 21.1. The molecule has 2 aromatic heterocycles. The summed E-state index contributed by atoms with van der Waals surface area (Å²) in [5.74, 6) is 1.81. The fourth-order valence-corrected chi connectivity index (χ4v) is 5.39. The van der Waals surface area contributed by atoms with E-state index in [4.69, 9.17) is 0 Å². The summed E-state index contributed by atoms with van der Waals surface area (Å²) >= 11 is 2.89. The molecule has 0 bridgehead atoms. The van der Waals surface area contributed by atoms with Gasteiger partial charge >= 0.3 is 0 Å². The van der Waals surface area contributed by atoms with E-state index in [1.807, 2.05) is 17.5 Å². The highest BCUT2D eigenvalue weighted by molar-refractivity contribution is 7.99. The Labute approximate surface area is 185 Å². The SMILES string of the molecule is CCn1c(SCC(=O)Nc2nc(-c3ccc(C)cc3)cs2)nnc1C1CCCCC1. The second-order valence-electron chi connectivity index (χ2n) is 7.66. The maximum absolute atomic E-state index is 12.5. The first-order valence-electron chi connectivity index (χ1n) is 10.5. The third-order valence-corrected chi connectivity index (χ3v) is 7.19. The van der Waals surface area contributed by atoms with E-state index in [1.54, 1.807) is 0 Å². The molecule has 1 aliphatic rings. The molecule has 1 saturated carbocycles. The maximum atomic E-state index is 12.5. The fraction of sp³-hybridized carbons (Fsp3) is 0.455. The van der Waals surface area contributed by atoms with Gasteiger partial charge in [0, 0.05) is 23.4 Å². The van der Waals surface area contributed by atoms with Crippen LogP contribution in [0.4, 0.5) is 5.13 Å². The number of carbonyl (C=O) groups excluding carboxylic acids is 1. The standard InChI is InChI=1S/C22H27N5OS2/c1-3-27-20(17-7-5-4-6-8-17)25-26-22(27)30-14-19(28)24-21-23-18(13-29-21)16-11-9-15(2)10-12-16/h9-13,17H,3-8,14H2,1-2H3,(H,23,24,28). The first-order valence-corrected chi connectivity index (χ1v) is 12.4. The number of nitrogens with one attached hydrogen (secondary N) is 1. The van der Waals surface area contributed by atoms with Gasteiger partial charge in [-0.25, -0.2) is 4.98 Å². The van der Waals surface area contributed by atoms with Crippen molar-refractivity contribution in [1.82, 2.24) is 19.7 Å². The molecule has 30 heavy (non-hydrogen) atoms. The summed E-state index contributed by atoms with van der Waals surface area (Å²) in [6.07, 6.45) is 6.24. The van der Waals surface area contributed by atoms with Crippen molar-refractivity contribution in [3.8, 4) is 11.3 Å². The molecule has 0 saturated heterocycles. The summed E-state index contributed by atoms with van der Waals surface area (Å²) in [4.78, 5) is 17.0. The van der Waals surface area contributed by atoms with Gasteiger partial charge in [0.2, 0.25) is 5.91 Å². The van der Waals surface area contributed by atoms with E-state index in [-0.39, 0.29) is 5.91 Å². The minimum absolute atomic E-state index is 0.0744. The third kappa shape index (κ3) is 4.92. The van der Waals surface area contributed by atoms with E-state index in [1.165, 1.54) is 60.8 Å². The smallest absolute Gasteiger partial charge is 0.236 e. The number of nitrogens with zero attached hydrogens (tertiary/aromatic N) is 4. The molecular weight excluding hydrogens is 414 g/mol. The number of anilines is 1. The van der Waals surface area contributed by atoms with Crippen LogP contribution in [0.5, 0.6) is 0 Å². The van der Waals surface area contributed by atoms with Crippen molar-refractivity contribution < 1.29 is 4.79 Å². The highest BCUT2D eigenvalue weighted by atomic mass is 32.2. The molecule has 158 valence electrons. The Hall–Kier alpha value is -2.19. The highest BCUT2D eigenvalue weighted by Gasteiger charge is 2.23. The lowest BCUT2D eigenvalue weighted by atomic mass is 9.89. The van der Waals surface area contributed by atoms with E-state index >= 15 is 0 Å². The van der Waals surface area contributed by atoms with Crippen molar-refractivity contribution >= 4 is 34.1 Å². The Morgan fingerprint density at radius 1 is 1.20 bits per heavy atom. The predicted molar refractivity (Wildman–Crippen MR) is 123 cm³/mol. The summed E-state index contributed by atoms with van der Waals surface area (Å²) in [7, 11) is 0. The summed E-state index contributed by atoms with van der Waals surface area (Å²) in [6.45, 7) is 5.00. The number of rotatable bonds is 7. The molecule has 3 aromatic rings. The van der Waals surface area contributed by atoms with Crippen molar-refractivity contribution in [2.75, 3.05) is 11.1 Å². The Balaban J connectivity index is 1.35. The van der Waals surface area contributed by atoms with Crippen molar-refractivity contribution in [2.24, 2.45) is 0 Å². The molecule has 1 N–H and O–H groups in total. The quantitative estimate of drug-likeness (QED) is 0.490. The van der Waals surface area contributed by atoms with Gasteiger partial charge in [-0.15, -0.1) is 21.5 Å². The van der Waals surface area contributed by atoms with Crippen LogP contribution >= 0.6 is 23.1 Å². The van der Waals surface area contributed by atoms with Crippen LogP contribution in [0.2, 0.25) is 0 Å². The van der Waals surface area contributed by atoms with Gasteiger partial charge in [-0.1, -0.05) is 60.9 Å². The van der Waals surface area contributed by atoms with Crippen LogP contribution in [0.3, 0.4) is 0 Å². The van der Waals surface area contributed by atoms with Gasteiger partial charge < -0.3 is 9.88 Å². The van der Waals surface area contributed by atoms with Crippen molar-refractivity contribution in [3.63, 3.8) is 0 Å². The lowest BCUT2D eigenvalue weighted by Crippen LogP contribution is -2.15. The number of aryl methyl sites for hydroxylation is 1. The Morgan fingerprint density at radius 2 is 1.97 bits per heavy atom. The summed E-state index contributed by atoms with van der Waals surface area (Å²) < 4.78 is 2.17. The molecule has 4 rings (SSSR count). The van der Waals surface area contributed by atoms with Gasteiger partial charge in [0.25, 0.3) is 0 Å². The van der Waals surface area contributed by atoms with Gasteiger partial charge in [-0.05, 0) is 26.7 Å². The zero-order valence-electron chi connectivity index (χ0n) is 17.4. The van der Waals surface area contributed by atoms with E-state index in [0.717, 1.165) is 28.8 Å². The molecular formula is C22H27N5OS2. The largest absolute Gasteiger partial charge is 0.306 e. The summed E-state index contributed by atoms with van der Waals surface area (Å²) in [6, 6.07) is 8.23. The van der Waals surface area contributed by atoms with Gasteiger partial charge in [0.15, 0.2) is 10.3 Å². The van der Waals surface area contributed by atoms with Crippen molar-refractivity contribution in [1.29, 1.82) is 0 Å². The zero-order valence-corrected chi connectivity index (χ0v) is 19.1. The molecule has 1 amide bonds. The molecule has 0 aliphatic heterocycles. The molecule has 8 heteroatoms. The highest BCUT2D eigenvalue weighted by Crippen LogP contribution is 2.33. The molecule has 2 heterocycles. The lowest BCUT2D eigenvalue weighted by molar-refractivity contribution is -0.113. The maximum Gasteiger partial charge on any atom is 0.236 e. The minimum Gasteiger partial charge on any atom is -0.306 e. The van der Waals surface area contributed by atoms with Gasteiger partial charge in [0.05, 0.1) is 11.4 Å². The van der Waals surface area contributed by atoms with Crippen LogP contribution in [0.15, 0.2) is 34.8 Å². The summed E-state index contributed by atoms with van der Waals surface area (Å²) in [5.41, 5.74) is 3.15. The molecule has 1 aliphatic carbocycles. The zero-order chi connectivity index (χ0) is 20.9. The average Bonchev–Trinajstić information content (AvgIpc) is 3.40. The third-order valence-electron chi connectivity index (χ3n) is 5.46. The van der Waals surface area contributed by atoms with Crippen molar-refractivity contribution in [2.45, 2.75) is 63.6 Å². The van der Waals surface area contributed by atoms with E-state index in [2.05, 4.69) is 51.0 Å². The Morgan fingerprint density at radius 3 is 2.70 bits per heavy atom. The van der Waals surface area contributed by atoms with Crippen LogP contribution in [0, 0.1) is 6.92 Å². The molecule has 0 radical (unpaired) electrons. The predicted octanol–water partition coefficient (Wildman–Crippen LogP) is 5.51. The minimum atomic E-state index is -0.0744. The number of carbonyl (C=O) groups is 1. The number of thiazole rings is 1. The fourth-order valence-electron chi connectivity index (χ4n) is 3.84. The number of hydrogen-bond acceptors (Lipinski definition) is 6. The van der Waals surface area contributed by atoms with Gasteiger partial charge in [-0.3, -0.25) is 4.79 Å². The van der Waals surface area contributed by atoms with E-state index in [0.29, 0.717) is 16.8 Å². The first-order chi connectivity index (χ1) is 14.6. The lowest BCUT2D eigenvalue weighted by Gasteiger charge is -2.21. The average molecular weight is 442 g/mol. The monoisotopic (exact) mass is 441 g/mol. The number of amides is 1. The molecule has 0 atom stereocenters. The number of thioether (sulfide) groups is 1. The van der Waals surface area contributed by atoms with Crippen LogP contribution in [0.25, 0.3) is 11.3 Å². The normalized spacial score (nSPS) is 14.7. The number of aromatic nitrogens is 4. The van der Waals surface area contributed by atoms with Crippen LogP contribution in [0.1, 0.15) is 56.3 Å². The molecule has 1 fully saturated rings. The molecule has 0 spiro atoms. The van der Waals surface area contributed by atoms with E-state index in [9.17, 15) is 4.79 Å². The summed E-state index contributed by atoms with van der Waals surface area (Å²) in [5, 5.41) is 15.2. The topological polar surface area (TPSA) is 72.7 Å². The second-order valence-corrected chi connectivity index (χ2v) is 9.46. The number of hydrogen-bond donors (Lipinski definition) is 1. The second kappa shape index (κ2) is 9.75. The van der Waals surface area contributed by atoms with Crippen LogP contribution in [-0.2, 0) is 11.3 Å². The van der Waals surface area contributed by atoms with Gasteiger partial charge in [-0.2, -0.15) is 0 Å². The molecule has 1 aromatic carbocycles. The van der Waals surface area contributed by atoms with Gasteiger partial charge in [0.1, 0.15) is 5.82 Å². The van der Waals surface area contributed by atoms with Crippen molar-refractivity contribution in [3.05, 3.63) is 41.0 Å².